The van der Waals surface area contributed by atoms with Crippen LogP contribution in [0.25, 0.3) is 0 Å². The van der Waals surface area contributed by atoms with E-state index in [1.54, 1.807) is 11.1 Å². The molecular formula is C22H34OS2. The summed E-state index contributed by atoms with van der Waals surface area (Å²) in [6.07, 6.45) is 7.23. The summed E-state index contributed by atoms with van der Waals surface area (Å²) >= 11 is 2.20. The van der Waals surface area contributed by atoms with Gasteiger partial charge in [0.2, 0.25) is 0 Å². The molecule has 25 heavy (non-hydrogen) atoms. The third-order valence-corrected chi connectivity index (χ3v) is 12.5. The van der Waals surface area contributed by atoms with E-state index in [0.29, 0.717) is 10.00 Å². The SMILES string of the molecule is CC(C)(C)C1=C(C(C)(C)C)[C@H]2S(=O)[C@@H]1SC21C2CC3CC(C2)CC1C3. The van der Waals surface area contributed by atoms with Crippen LogP contribution in [0, 0.1) is 34.5 Å². The highest BCUT2D eigenvalue weighted by atomic mass is 32.2. The predicted molar refractivity (Wildman–Crippen MR) is 109 cm³/mol. The van der Waals surface area contributed by atoms with Crippen LogP contribution in [-0.2, 0) is 10.8 Å². The highest BCUT2D eigenvalue weighted by Crippen LogP contribution is 2.73. The fourth-order valence-corrected chi connectivity index (χ4v) is 13.5. The van der Waals surface area contributed by atoms with E-state index in [4.69, 9.17) is 0 Å². The molecule has 6 rings (SSSR count). The van der Waals surface area contributed by atoms with Crippen molar-refractivity contribution in [2.45, 2.75) is 88.2 Å². The summed E-state index contributed by atoms with van der Waals surface area (Å²) in [6, 6.07) is 0. The van der Waals surface area contributed by atoms with Gasteiger partial charge in [-0.15, -0.1) is 11.8 Å². The molecule has 3 heteroatoms. The van der Waals surface area contributed by atoms with Crippen LogP contribution < -0.4 is 0 Å². The Kier molecular flexibility index (Phi) is 3.46. The normalized spacial score (nSPS) is 51.2. The Balaban J connectivity index is 1.68. The van der Waals surface area contributed by atoms with Crippen LogP contribution in [0.2, 0.25) is 0 Å². The first-order valence-electron chi connectivity index (χ1n) is 10.4. The van der Waals surface area contributed by atoms with Crippen molar-refractivity contribution in [3.63, 3.8) is 0 Å². The van der Waals surface area contributed by atoms with Crippen LogP contribution in [-0.4, -0.2) is 18.8 Å². The first kappa shape index (κ1) is 17.3. The van der Waals surface area contributed by atoms with Crippen molar-refractivity contribution in [3.05, 3.63) is 11.1 Å². The zero-order chi connectivity index (χ0) is 17.9. The van der Waals surface area contributed by atoms with Gasteiger partial charge in [-0.05, 0) is 77.8 Å². The molecule has 0 radical (unpaired) electrons. The molecule has 0 aromatic heterocycles. The lowest BCUT2D eigenvalue weighted by Gasteiger charge is -2.62. The second kappa shape index (κ2) is 4.99. The van der Waals surface area contributed by atoms with Crippen molar-refractivity contribution in [2.24, 2.45) is 34.5 Å². The highest BCUT2D eigenvalue weighted by Gasteiger charge is 2.71. The van der Waals surface area contributed by atoms with Crippen molar-refractivity contribution < 1.29 is 4.21 Å². The van der Waals surface area contributed by atoms with E-state index >= 15 is 0 Å². The van der Waals surface area contributed by atoms with E-state index in [1.807, 2.05) is 0 Å². The molecule has 1 nitrogen and oxygen atoms in total. The number of hydrogen-bond acceptors (Lipinski definition) is 2. The van der Waals surface area contributed by atoms with Gasteiger partial charge in [-0.2, -0.15) is 0 Å². The van der Waals surface area contributed by atoms with Gasteiger partial charge in [0.15, 0.2) is 0 Å². The predicted octanol–water partition coefficient (Wildman–Crippen LogP) is 5.77. The topological polar surface area (TPSA) is 17.1 Å². The molecule has 0 aromatic carbocycles. The molecule has 4 aliphatic carbocycles. The minimum atomic E-state index is -0.708. The molecule has 5 fully saturated rings. The van der Waals surface area contributed by atoms with E-state index in [1.165, 1.54) is 32.1 Å². The molecule has 2 aliphatic heterocycles. The zero-order valence-electron chi connectivity index (χ0n) is 16.7. The van der Waals surface area contributed by atoms with Gasteiger partial charge in [-0.3, -0.25) is 4.21 Å². The lowest BCUT2D eigenvalue weighted by molar-refractivity contribution is -0.0156. The van der Waals surface area contributed by atoms with Crippen molar-refractivity contribution in [1.29, 1.82) is 0 Å². The van der Waals surface area contributed by atoms with Gasteiger partial charge in [0.1, 0.15) is 4.58 Å². The van der Waals surface area contributed by atoms with Gasteiger partial charge in [-0.25, -0.2) is 0 Å². The molecule has 4 saturated carbocycles. The Labute approximate surface area is 160 Å². The molecule has 140 valence electrons. The van der Waals surface area contributed by atoms with Crippen molar-refractivity contribution in [3.8, 4) is 0 Å². The summed E-state index contributed by atoms with van der Waals surface area (Å²) in [6.45, 7) is 14.2. The maximum absolute atomic E-state index is 13.7. The van der Waals surface area contributed by atoms with Crippen LogP contribution in [0.5, 0.6) is 0 Å². The molecule has 2 heterocycles. The smallest absolute Gasteiger partial charge is 0.103 e. The van der Waals surface area contributed by atoms with E-state index < -0.39 is 10.8 Å². The Morgan fingerprint density at radius 1 is 0.840 bits per heavy atom. The maximum atomic E-state index is 13.7. The molecular weight excluding hydrogens is 344 g/mol. The molecule has 0 aromatic rings. The molecule has 1 unspecified atom stereocenters. The largest absolute Gasteiger partial charge is 0.257 e. The summed E-state index contributed by atoms with van der Waals surface area (Å²) in [7, 11) is -0.708. The molecule has 6 aliphatic rings. The Morgan fingerprint density at radius 3 is 1.76 bits per heavy atom. The van der Waals surface area contributed by atoms with Gasteiger partial charge >= 0.3 is 0 Å². The fraction of sp³-hybridized carbons (Fsp3) is 0.909. The lowest BCUT2D eigenvalue weighted by atomic mass is 9.49. The van der Waals surface area contributed by atoms with Crippen molar-refractivity contribution in [2.75, 3.05) is 0 Å². The molecule has 6 bridgehead atoms. The Morgan fingerprint density at radius 2 is 1.32 bits per heavy atom. The summed E-state index contributed by atoms with van der Waals surface area (Å²) in [5.41, 5.74) is 3.43. The number of thioether (sulfide) groups is 1. The summed E-state index contributed by atoms with van der Waals surface area (Å²) < 4.78 is 14.3. The number of fused-ring (bicyclic) bond motifs is 2. The quantitative estimate of drug-likeness (QED) is 0.497. The van der Waals surface area contributed by atoms with Gasteiger partial charge in [0, 0.05) is 15.5 Å². The number of hydrogen-bond donors (Lipinski definition) is 0. The van der Waals surface area contributed by atoms with Gasteiger partial charge in [0.05, 0.1) is 5.25 Å². The van der Waals surface area contributed by atoms with Crippen LogP contribution in [0.1, 0.15) is 73.6 Å². The third kappa shape index (κ3) is 2.12. The molecule has 1 spiro atoms. The first-order valence-corrected chi connectivity index (χ1v) is 12.5. The van der Waals surface area contributed by atoms with Crippen molar-refractivity contribution >= 4 is 22.6 Å². The Hall–Kier alpha value is 0.240. The maximum Gasteiger partial charge on any atom is 0.103 e. The first-order chi connectivity index (χ1) is 11.5. The summed E-state index contributed by atoms with van der Waals surface area (Å²) in [5, 5.41) is 0.340. The molecule has 0 N–H and O–H groups in total. The monoisotopic (exact) mass is 378 g/mol. The summed E-state index contributed by atoms with van der Waals surface area (Å²) in [5.74, 6) is 3.66. The second-order valence-corrected chi connectivity index (χ2v) is 15.0. The highest BCUT2D eigenvalue weighted by molar-refractivity contribution is 8.16. The lowest BCUT2D eigenvalue weighted by Crippen LogP contribution is -2.61. The van der Waals surface area contributed by atoms with Crippen LogP contribution in [0.15, 0.2) is 11.1 Å². The Bertz CT molecular complexity index is 647. The average molecular weight is 379 g/mol. The number of rotatable bonds is 0. The van der Waals surface area contributed by atoms with Crippen LogP contribution in [0.4, 0.5) is 0 Å². The minimum Gasteiger partial charge on any atom is -0.257 e. The van der Waals surface area contributed by atoms with E-state index in [2.05, 4.69) is 53.3 Å². The van der Waals surface area contributed by atoms with E-state index in [9.17, 15) is 4.21 Å². The van der Waals surface area contributed by atoms with Gasteiger partial charge < -0.3 is 0 Å². The second-order valence-electron chi connectivity index (χ2n) is 11.6. The third-order valence-electron chi connectivity index (χ3n) is 7.98. The fourth-order valence-electron chi connectivity index (χ4n) is 7.48. The standard InChI is InChI=1S/C22H34OS2/c1-20(2,3)16-17(21(4,5)6)19-24-22(18(16)25(19)23)14-8-12-7-13(10-14)11-15(22)9-12/h12-15,18-19H,7-11H2,1-6H3/t12?,13?,14?,15?,18-,19+,22?,25?/m1/s1. The van der Waals surface area contributed by atoms with E-state index in [-0.39, 0.29) is 15.4 Å². The van der Waals surface area contributed by atoms with Crippen LogP contribution >= 0.6 is 11.8 Å². The van der Waals surface area contributed by atoms with Gasteiger partial charge in [0.25, 0.3) is 0 Å². The van der Waals surface area contributed by atoms with Crippen LogP contribution in [0.3, 0.4) is 0 Å². The average Bonchev–Trinajstić information content (AvgIpc) is 2.92. The molecule has 0 amide bonds. The molecule has 3 atom stereocenters. The summed E-state index contributed by atoms with van der Waals surface area (Å²) in [4.78, 5) is 0. The zero-order valence-corrected chi connectivity index (χ0v) is 18.4. The van der Waals surface area contributed by atoms with E-state index in [0.717, 1.165) is 23.7 Å². The van der Waals surface area contributed by atoms with Crippen molar-refractivity contribution in [1.82, 2.24) is 0 Å². The van der Waals surface area contributed by atoms with Gasteiger partial charge in [-0.1, -0.05) is 41.5 Å². The molecule has 1 saturated heterocycles. The minimum absolute atomic E-state index is 0.137.